The highest BCUT2D eigenvalue weighted by Crippen LogP contribution is 2.22. The Balaban J connectivity index is 1.61. The second kappa shape index (κ2) is 6.94. The van der Waals surface area contributed by atoms with Crippen LogP contribution in [-0.4, -0.2) is 35.6 Å². The minimum absolute atomic E-state index is 0.0948. The predicted molar refractivity (Wildman–Crippen MR) is 92.8 cm³/mol. The van der Waals surface area contributed by atoms with Gasteiger partial charge in [0.05, 0.1) is 24.2 Å². The largest absolute Gasteiger partial charge is 0.311 e. The van der Waals surface area contributed by atoms with Crippen molar-refractivity contribution in [1.82, 2.24) is 9.78 Å². The Bertz CT molecular complexity index is 831. The summed E-state index contributed by atoms with van der Waals surface area (Å²) in [4.78, 5) is 12.2. The number of aromatic nitrogens is 2. The van der Waals surface area contributed by atoms with Crippen molar-refractivity contribution in [3.63, 3.8) is 0 Å². The van der Waals surface area contributed by atoms with Gasteiger partial charge in [0, 0.05) is 17.5 Å². The van der Waals surface area contributed by atoms with Gasteiger partial charge in [0.15, 0.2) is 9.84 Å². The van der Waals surface area contributed by atoms with Gasteiger partial charge in [0.2, 0.25) is 5.91 Å². The Kier molecular flexibility index (Phi) is 4.91. The highest BCUT2D eigenvalue weighted by Gasteiger charge is 2.29. The number of amides is 1. The van der Waals surface area contributed by atoms with Gasteiger partial charge in [0.25, 0.3) is 0 Å². The molecule has 8 heteroatoms. The first-order valence-corrected chi connectivity index (χ1v) is 9.88. The molecule has 1 aromatic heterocycles. The third-order valence-electron chi connectivity index (χ3n) is 4.03. The van der Waals surface area contributed by atoms with Crippen LogP contribution in [-0.2, 0) is 21.2 Å². The fourth-order valence-electron chi connectivity index (χ4n) is 2.82. The molecule has 3 rings (SSSR count). The van der Waals surface area contributed by atoms with E-state index in [9.17, 15) is 13.2 Å². The highest BCUT2D eigenvalue weighted by molar-refractivity contribution is 7.91. The van der Waals surface area contributed by atoms with E-state index in [1.807, 2.05) is 12.1 Å². The van der Waals surface area contributed by atoms with E-state index in [0.29, 0.717) is 23.8 Å². The Morgan fingerprint density at radius 1 is 1.29 bits per heavy atom. The van der Waals surface area contributed by atoms with Crippen LogP contribution in [0.1, 0.15) is 18.4 Å². The molecule has 0 spiro atoms. The molecule has 6 nitrogen and oxygen atoms in total. The summed E-state index contributed by atoms with van der Waals surface area (Å²) in [6.45, 7) is 0.511. The van der Waals surface area contributed by atoms with Crippen molar-refractivity contribution in [3.8, 4) is 0 Å². The van der Waals surface area contributed by atoms with E-state index in [0.717, 1.165) is 5.56 Å². The third-order valence-corrected chi connectivity index (χ3v) is 6.12. The summed E-state index contributed by atoms with van der Waals surface area (Å²) in [6.07, 6.45) is 2.39. The predicted octanol–water partition coefficient (Wildman–Crippen LogP) is 2.35. The number of benzene rings is 1. The Labute approximate surface area is 145 Å². The molecule has 1 aliphatic rings. The summed E-state index contributed by atoms with van der Waals surface area (Å²) < 4.78 is 24.6. The van der Waals surface area contributed by atoms with Crippen LogP contribution >= 0.6 is 11.6 Å². The van der Waals surface area contributed by atoms with Gasteiger partial charge in [0.1, 0.15) is 5.82 Å². The summed E-state index contributed by atoms with van der Waals surface area (Å²) in [5.74, 6) is 0.595. The number of sulfone groups is 1. The van der Waals surface area contributed by atoms with E-state index >= 15 is 0 Å². The first-order valence-electron chi connectivity index (χ1n) is 7.68. The van der Waals surface area contributed by atoms with E-state index in [-0.39, 0.29) is 29.8 Å². The molecule has 1 amide bonds. The highest BCUT2D eigenvalue weighted by atomic mass is 35.5. The van der Waals surface area contributed by atoms with Gasteiger partial charge in [-0.3, -0.25) is 4.79 Å². The second-order valence-corrected chi connectivity index (χ2v) is 8.69. The van der Waals surface area contributed by atoms with Crippen LogP contribution in [0.4, 0.5) is 5.82 Å². The van der Waals surface area contributed by atoms with Crippen LogP contribution in [0.3, 0.4) is 0 Å². The first-order chi connectivity index (χ1) is 11.4. The third kappa shape index (κ3) is 4.36. The lowest BCUT2D eigenvalue weighted by atomic mass is 10.1. The Morgan fingerprint density at radius 3 is 2.71 bits per heavy atom. The molecule has 1 unspecified atom stereocenters. The van der Waals surface area contributed by atoms with Crippen molar-refractivity contribution >= 4 is 33.2 Å². The smallest absolute Gasteiger partial charge is 0.225 e. The van der Waals surface area contributed by atoms with Gasteiger partial charge in [-0.15, -0.1) is 0 Å². The van der Waals surface area contributed by atoms with E-state index in [1.165, 1.54) is 0 Å². The van der Waals surface area contributed by atoms with E-state index in [4.69, 9.17) is 11.6 Å². The lowest BCUT2D eigenvalue weighted by Crippen LogP contribution is -2.19. The lowest BCUT2D eigenvalue weighted by molar-refractivity contribution is -0.116. The topological polar surface area (TPSA) is 81.1 Å². The molecule has 0 bridgehead atoms. The molecule has 24 heavy (non-hydrogen) atoms. The minimum atomic E-state index is -2.96. The maximum absolute atomic E-state index is 12.2. The van der Waals surface area contributed by atoms with Crippen LogP contribution in [0.5, 0.6) is 0 Å². The first kappa shape index (κ1) is 17.0. The number of hydrogen-bond donors (Lipinski definition) is 1. The molecule has 1 N–H and O–H groups in total. The zero-order valence-corrected chi connectivity index (χ0v) is 14.6. The van der Waals surface area contributed by atoms with Crippen molar-refractivity contribution in [2.24, 2.45) is 5.92 Å². The Morgan fingerprint density at radius 2 is 2.04 bits per heavy atom. The van der Waals surface area contributed by atoms with Gasteiger partial charge in [-0.2, -0.15) is 5.10 Å². The summed E-state index contributed by atoms with van der Waals surface area (Å²) in [6, 6.07) is 9.13. The number of anilines is 1. The van der Waals surface area contributed by atoms with Gasteiger partial charge in [-0.1, -0.05) is 23.7 Å². The van der Waals surface area contributed by atoms with E-state index in [2.05, 4.69) is 10.4 Å². The van der Waals surface area contributed by atoms with Gasteiger partial charge in [-0.05, 0) is 30.0 Å². The van der Waals surface area contributed by atoms with Crippen molar-refractivity contribution < 1.29 is 13.2 Å². The number of nitrogens with zero attached hydrogens (tertiary/aromatic N) is 2. The number of rotatable bonds is 5. The molecule has 1 fully saturated rings. The van der Waals surface area contributed by atoms with Crippen molar-refractivity contribution in [1.29, 1.82) is 0 Å². The van der Waals surface area contributed by atoms with Gasteiger partial charge in [-0.25, -0.2) is 13.1 Å². The normalized spacial score (nSPS) is 19.3. The molecule has 0 radical (unpaired) electrons. The van der Waals surface area contributed by atoms with Crippen LogP contribution < -0.4 is 5.32 Å². The number of hydrogen-bond acceptors (Lipinski definition) is 4. The van der Waals surface area contributed by atoms with Crippen molar-refractivity contribution in [2.75, 3.05) is 16.8 Å². The summed E-state index contributed by atoms with van der Waals surface area (Å²) in [5, 5.41) is 7.70. The van der Waals surface area contributed by atoms with E-state index in [1.54, 1.807) is 29.1 Å². The molecular weight excluding hydrogens is 350 g/mol. The summed E-state index contributed by atoms with van der Waals surface area (Å²) >= 11 is 5.87. The standard InChI is InChI=1S/C16H18ClN3O3S/c17-14-3-1-12(2-4-14)10-20-15(5-7-18-20)19-16(21)9-13-6-8-24(22,23)11-13/h1-5,7,13H,6,8-11H2,(H,19,21). The van der Waals surface area contributed by atoms with Crippen LogP contribution in [0.25, 0.3) is 0 Å². The van der Waals surface area contributed by atoms with Crippen molar-refractivity contribution in [2.45, 2.75) is 19.4 Å². The molecule has 1 aliphatic heterocycles. The second-order valence-electron chi connectivity index (χ2n) is 6.02. The van der Waals surface area contributed by atoms with Crippen molar-refractivity contribution in [3.05, 3.63) is 47.1 Å². The summed E-state index contributed by atoms with van der Waals surface area (Å²) in [5.41, 5.74) is 1.01. The average Bonchev–Trinajstić information content (AvgIpc) is 3.08. The zero-order valence-electron chi connectivity index (χ0n) is 13.0. The maximum atomic E-state index is 12.2. The average molecular weight is 368 g/mol. The molecule has 2 aromatic rings. The van der Waals surface area contributed by atoms with Gasteiger partial charge >= 0.3 is 0 Å². The molecular formula is C16H18ClN3O3S. The summed E-state index contributed by atoms with van der Waals surface area (Å²) in [7, 11) is -2.96. The molecule has 0 saturated carbocycles. The SMILES string of the molecule is O=C(CC1CCS(=O)(=O)C1)Nc1ccnn1Cc1ccc(Cl)cc1. The number of halogens is 1. The lowest BCUT2D eigenvalue weighted by Gasteiger charge is -2.11. The number of nitrogens with one attached hydrogen (secondary N) is 1. The molecule has 0 aliphatic carbocycles. The molecule has 128 valence electrons. The van der Waals surface area contributed by atoms with Crippen LogP contribution in [0.2, 0.25) is 5.02 Å². The Hall–Kier alpha value is -1.86. The molecule has 1 saturated heterocycles. The quantitative estimate of drug-likeness (QED) is 0.879. The molecule has 2 heterocycles. The van der Waals surface area contributed by atoms with Gasteiger partial charge < -0.3 is 5.32 Å². The van der Waals surface area contributed by atoms with Crippen LogP contribution in [0, 0.1) is 5.92 Å². The number of carbonyl (C=O) groups is 1. The maximum Gasteiger partial charge on any atom is 0.225 e. The van der Waals surface area contributed by atoms with E-state index < -0.39 is 9.84 Å². The molecule has 1 aromatic carbocycles. The fourth-order valence-corrected chi connectivity index (χ4v) is 4.80. The monoisotopic (exact) mass is 367 g/mol. The molecule has 1 atom stereocenters. The minimum Gasteiger partial charge on any atom is -0.311 e. The number of carbonyl (C=O) groups excluding carboxylic acids is 1. The zero-order chi connectivity index (χ0) is 17.2. The van der Waals surface area contributed by atoms with Crippen LogP contribution in [0.15, 0.2) is 36.5 Å². The fraction of sp³-hybridized carbons (Fsp3) is 0.375.